The van der Waals surface area contributed by atoms with E-state index in [2.05, 4.69) is 88.1 Å². The molecule has 24 heavy (non-hydrogen) atoms. The molecule has 122 valence electrons. The molecule has 1 aliphatic heterocycles. The molecule has 2 aliphatic rings. The van der Waals surface area contributed by atoms with Crippen LogP contribution in [0.3, 0.4) is 0 Å². The number of hydrogen-bond donors (Lipinski definition) is 0. The van der Waals surface area contributed by atoms with Crippen molar-refractivity contribution in [1.82, 2.24) is 4.81 Å². The van der Waals surface area contributed by atoms with Crippen molar-refractivity contribution >= 4 is 12.5 Å². The topological polar surface area (TPSA) is 3.24 Å². The van der Waals surface area contributed by atoms with Gasteiger partial charge < -0.3 is 0 Å². The molecule has 0 amide bonds. The number of piperidine rings is 1. The predicted octanol–water partition coefficient (Wildman–Crippen LogP) is 4.90. The van der Waals surface area contributed by atoms with Crippen molar-refractivity contribution in [2.75, 3.05) is 0 Å². The summed E-state index contributed by atoms with van der Waals surface area (Å²) in [4.78, 5) is 2.62. The Bertz CT molecular complexity index is 753. The molecule has 0 atom stereocenters. The zero-order valence-corrected chi connectivity index (χ0v) is 15.3. The van der Waals surface area contributed by atoms with E-state index in [-0.39, 0.29) is 11.1 Å². The summed E-state index contributed by atoms with van der Waals surface area (Å²) < 4.78 is 0. The first kappa shape index (κ1) is 15.7. The normalized spacial score (nSPS) is 20.3. The third-order valence-electron chi connectivity index (χ3n) is 5.86. The van der Waals surface area contributed by atoms with Crippen LogP contribution < -0.4 is 0 Å². The van der Waals surface area contributed by atoms with Crippen LogP contribution in [0.4, 0.5) is 0 Å². The van der Waals surface area contributed by atoms with E-state index in [4.69, 9.17) is 0 Å². The van der Waals surface area contributed by atoms with Crippen LogP contribution >= 0.6 is 0 Å². The molecule has 1 saturated heterocycles. The molecular formula is C22H26BN. The summed E-state index contributed by atoms with van der Waals surface area (Å²) in [6, 6.07) is 17.6. The Morgan fingerprint density at radius 3 is 1.58 bits per heavy atom. The second kappa shape index (κ2) is 5.34. The van der Waals surface area contributed by atoms with Gasteiger partial charge in [0.15, 0.2) is 0 Å². The molecule has 1 aliphatic carbocycles. The van der Waals surface area contributed by atoms with Crippen LogP contribution in [0.15, 0.2) is 48.5 Å². The van der Waals surface area contributed by atoms with Crippen LogP contribution in [0.25, 0.3) is 11.1 Å². The zero-order valence-electron chi connectivity index (χ0n) is 15.3. The van der Waals surface area contributed by atoms with Gasteiger partial charge in [-0.2, -0.15) is 0 Å². The maximum atomic E-state index is 2.62. The molecular weight excluding hydrogens is 289 g/mol. The van der Waals surface area contributed by atoms with E-state index in [1.54, 1.807) is 0 Å². The summed E-state index contributed by atoms with van der Waals surface area (Å²) in [5.41, 5.74) is 7.25. The van der Waals surface area contributed by atoms with Gasteiger partial charge in [0, 0.05) is 0 Å². The van der Waals surface area contributed by atoms with Gasteiger partial charge in [0.1, 0.15) is 0 Å². The molecule has 0 spiro atoms. The number of fused-ring (bicyclic) bond motifs is 3. The SMILES string of the molecule is CC1(C)CCCC(C)(C)N1B=C1c2ccccc2-c2ccccc21. The quantitative estimate of drug-likeness (QED) is 0.577. The molecule has 0 aromatic heterocycles. The van der Waals surface area contributed by atoms with Crippen molar-refractivity contribution < 1.29 is 0 Å². The van der Waals surface area contributed by atoms with Crippen LogP contribution in [-0.4, -0.2) is 28.4 Å². The van der Waals surface area contributed by atoms with Crippen LogP contribution in [0.2, 0.25) is 0 Å². The fourth-order valence-electron chi connectivity index (χ4n) is 4.68. The first-order chi connectivity index (χ1) is 11.4. The molecule has 1 nitrogen and oxygen atoms in total. The molecule has 2 heteroatoms. The van der Waals surface area contributed by atoms with Gasteiger partial charge in [-0.3, -0.25) is 0 Å². The van der Waals surface area contributed by atoms with Crippen molar-refractivity contribution in [2.24, 2.45) is 0 Å². The second-order valence-corrected chi connectivity index (χ2v) is 8.48. The fraction of sp³-hybridized carbons (Fsp3) is 0.409. The standard InChI is InChI=1S/C22H26BN/c1-21(2)14-9-15-22(3,4)24(21)23-20-18-12-7-5-10-16(18)17-11-6-8-13-19(17)20/h5-8,10-13H,9,14-15H2,1-4H3. The second-order valence-electron chi connectivity index (χ2n) is 8.48. The molecule has 1 fully saturated rings. The van der Waals surface area contributed by atoms with E-state index in [0.717, 1.165) is 0 Å². The Balaban J connectivity index is 1.91. The van der Waals surface area contributed by atoms with Crippen molar-refractivity contribution in [3.8, 4) is 11.1 Å². The van der Waals surface area contributed by atoms with Crippen molar-refractivity contribution in [1.29, 1.82) is 0 Å². The molecule has 0 saturated carbocycles. The monoisotopic (exact) mass is 315 g/mol. The zero-order chi connectivity index (χ0) is 16.9. The molecule has 2 aromatic rings. The Kier molecular flexibility index (Phi) is 3.49. The van der Waals surface area contributed by atoms with Gasteiger partial charge >= 0.3 is 146 Å². The summed E-state index contributed by atoms with van der Waals surface area (Å²) in [7, 11) is 2.45. The fourth-order valence-corrected chi connectivity index (χ4v) is 4.68. The van der Waals surface area contributed by atoms with Gasteiger partial charge in [0.25, 0.3) is 0 Å². The van der Waals surface area contributed by atoms with Crippen molar-refractivity contribution in [3.05, 3.63) is 59.7 Å². The van der Waals surface area contributed by atoms with Crippen LogP contribution in [0, 0.1) is 0 Å². The summed E-state index contributed by atoms with van der Waals surface area (Å²) in [6.45, 7) is 9.55. The molecule has 0 unspecified atom stereocenters. The third-order valence-corrected chi connectivity index (χ3v) is 5.86. The maximum absolute atomic E-state index is 2.62. The Hall–Kier alpha value is -1.83. The first-order valence-electron chi connectivity index (χ1n) is 9.11. The van der Waals surface area contributed by atoms with Crippen LogP contribution in [0.5, 0.6) is 0 Å². The summed E-state index contributed by atoms with van der Waals surface area (Å²) >= 11 is 0. The van der Waals surface area contributed by atoms with E-state index in [1.165, 1.54) is 47.0 Å². The Labute approximate surface area is 146 Å². The van der Waals surface area contributed by atoms with E-state index < -0.39 is 0 Å². The van der Waals surface area contributed by atoms with Crippen molar-refractivity contribution in [2.45, 2.75) is 58.0 Å². The number of rotatable bonds is 1. The third kappa shape index (κ3) is 2.35. The number of nitrogens with zero attached hydrogens (tertiary/aromatic N) is 1. The van der Waals surface area contributed by atoms with Gasteiger partial charge in [-0.15, -0.1) is 0 Å². The Morgan fingerprint density at radius 2 is 1.12 bits per heavy atom. The van der Waals surface area contributed by atoms with E-state index >= 15 is 0 Å². The summed E-state index contributed by atoms with van der Waals surface area (Å²) in [5.74, 6) is 0. The van der Waals surface area contributed by atoms with Gasteiger partial charge in [-0.25, -0.2) is 0 Å². The first-order valence-corrected chi connectivity index (χ1v) is 9.11. The number of hydrogen-bond acceptors (Lipinski definition) is 1. The molecule has 2 aromatic carbocycles. The van der Waals surface area contributed by atoms with Gasteiger partial charge in [0.05, 0.1) is 0 Å². The molecule has 1 heterocycles. The van der Waals surface area contributed by atoms with Crippen LogP contribution in [0.1, 0.15) is 58.1 Å². The van der Waals surface area contributed by atoms with Gasteiger partial charge in [-0.1, -0.05) is 0 Å². The minimum atomic E-state index is 0.196. The summed E-state index contributed by atoms with van der Waals surface area (Å²) in [5, 5.41) is 0. The molecule has 0 radical (unpaired) electrons. The summed E-state index contributed by atoms with van der Waals surface area (Å²) in [6.07, 6.45) is 3.82. The van der Waals surface area contributed by atoms with Gasteiger partial charge in [0.2, 0.25) is 0 Å². The average Bonchev–Trinajstić information content (AvgIpc) is 2.85. The number of benzene rings is 2. The average molecular weight is 315 g/mol. The molecule has 4 rings (SSSR count). The molecule has 0 N–H and O–H groups in total. The van der Waals surface area contributed by atoms with Crippen LogP contribution in [-0.2, 0) is 0 Å². The van der Waals surface area contributed by atoms with E-state index in [0.29, 0.717) is 0 Å². The Morgan fingerprint density at radius 1 is 0.708 bits per heavy atom. The van der Waals surface area contributed by atoms with E-state index in [9.17, 15) is 0 Å². The van der Waals surface area contributed by atoms with E-state index in [1.807, 2.05) is 0 Å². The van der Waals surface area contributed by atoms with Gasteiger partial charge in [-0.05, 0) is 0 Å². The predicted molar refractivity (Wildman–Crippen MR) is 105 cm³/mol. The minimum absolute atomic E-state index is 0.196. The molecule has 0 bridgehead atoms. The van der Waals surface area contributed by atoms with Crippen molar-refractivity contribution in [3.63, 3.8) is 0 Å².